The van der Waals surface area contributed by atoms with Gasteiger partial charge in [-0.2, -0.15) is 5.26 Å². The fraction of sp³-hybridized carbons (Fsp3) is 0.0833. The topological polar surface area (TPSA) is 62.1 Å². The Morgan fingerprint density at radius 1 is 1.15 bits per heavy atom. The van der Waals surface area contributed by atoms with E-state index in [1.165, 1.54) is 6.08 Å². The summed E-state index contributed by atoms with van der Waals surface area (Å²) >= 11 is 23.8. The van der Waals surface area contributed by atoms with Crippen molar-refractivity contribution in [1.82, 2.24) is 0 Å². The van der Waals surface area contributed by atoms with Crippen LogP contribution >= 0.6 is 73.3 Å². The molecule has 1 amide bonds. The van der Waals surface area contributed by atoms with Crippen LogP contribution < -0.4 is 10.1 Å². The number of carbonyl (C=O) groups excluding carboxylic acids is 1. The highest BCUT2D eigenvalue weighted by Crippen LogP contribution is 2.34. The molecule has 0 aliphatic carbocycles. The van der Waals surface area contributed by atoms with E-state index < -0.39 is 5.91 Å². The van der Waals surface area contributed by atoms with Crippen LogP contribution in [-0.2, 0) is 11.4 Å². The first-order chi connectivity index (χ1) is 15.7. The molecule has 0 aliphatic rings. The number of nitrogens with one attached hydrogen (secondary N) is 1. The van der Waals surface area contributed by atoms with Crippen LogP contribution in [0.15, 0.2) is 58.6 Å². The number of nitrogens with zero attached hydrogens (tertiary/aromatic N) is 1. The minimum atomic E-state index is -0.519. The van der Waals surface area contributed by atoms with E-state index in [0.29, 0.717) is 43.1 Å². The third kappa shape index (κ3) is 6.65. The van der Waals surface area contributed by atoms with E-state index in [1.807, 2.05) is 18.2 Å². The number of hydrogen-bond donors (Lipinski definition) is 1. The summed E-state index contributed by atoms with van der Waals surface area (Å²) in [6, 6.07) is 16.1. The molecule has 4 nitrogen and oxygen atoms in total. The van der Waals surface area contributed by atoms with Gasteiger partial charge in [0.15, 0.2) is 0 Å². The number of anilines is 1. The average Bonchev–Trinajstić information content (AvgIpc) is 2.77. The molecule has 0 unspecified atom stereocenters. The number of hydrogen-bond acceptors (Lipinski definition) is 3. The summed E-state index contributed by atoms with van der Waals surface area (Å²) in [5.41, 5.74) is 2.78. The first kappa shape index (κ1) is 25.9. The van der Waals surface area contributed by atoms with Gasteiger partial charge in [-0.25, -0.2) is 0 Å². The number of benzene rings is 3. The molecule has 3 rings (SSSR count). The summed E-state index contributed by atoms with van der Waals surface area (Å²) in [7, 11) is 0. The van der Waals surface area contributed by atoms with E-state index >= 15 is 0 Å². The number of ether oxygens (including phenoxy) is 1. The van der Waals surface area contributed by atoms with Crippen LogP contribution in [0.25, 0.3) is 6.08 Å². The molecule has 0 bridgehead atoms. The maximum absolute atomic E-state index is 12.7. The van der Waals surface area contributed by atoms with Gasteiger partial charge in [0.1, 0.15) is 24.0 Å². The van der Waals surface area contributed by atoms with Crippen LogP contribution in [0, 0.1) is 21.8 Å². The first-order valence-electron chi connectivity index (χ1n) is 9.43. The highest BCUT2D eigenvalue weighted by molar-refractivity contribution is 14.1. The fourth-order valence-electron chi connectivity index (χ4n) is 2.83. The molecule has 0 saturated carbocycles. The fourth-order valence-corrected chi connectivity index (χ4v) is 5.10. The van der Waals surface area contributed by atoms with Gasteiger partial charge in [0, 0.05) is 10.7 Å². The summed E-state index contributed by atoms with van der Waals surface area (Å²) in [5.74, 6) is 0.116. The molecule has 168 valence electrons. The monoisotopic (exact) mass is 674 g/mol. The maximum Gasteiger partial charge on any atom is 0.266 e. The van der Waals surface area contributed by atoms with Crippen molar-refractivity contribution in [2.75, 3.05) is 5.32 Å². The summed E-state index contributed by atoms with van der Waals surface area (Å²) < 4.78 is 7.44. The molecule has 0 heterocycles. The lowest BCUT2D eigenvalue weighted by molar-refractivity contribution is -0.112. The van der Waals surface area contributed by atoms with E-state index in [-0.39, 0.29) is 5.57 Å². The van der Waals surface area contributed by atoms with E-state index in [2.05, 4.69) is 43.8 Å². The van der Waals surface area contributed by atoms with Crippen molar-refractivity contribution in [3.8, 4) is 11.8 Å². The molecule has 0 spiro atoms. The smallest absolute Gasteiger partial charge is 0.266 e. The number of carbonyl (C=O) groups is 1. The third-order valence-corrected chi connectivity index (χ3v) is 7.12. The van der Waals surface area contributed by atoms with Gasteiger partial charge >= 0.3 is 0 Å². The molecule has 0 radical (unpaired) electrons. The molecule has 0 fully saturated rings. The summed E-state index contributed by atoms with van der Waals surface area (Å²) in [5, 5.41) is 13.8. The number of amides is 1. The Kier molecular flexibility index (Phi) is 9.08. The summed E-state index contributed by atoms with van der Waals surface area (Å²) in [6.07, 6.45) is 1.52. The lowest BCUT2D eigenvalue weighted by atomic mass is 10.1. The zero-order valence-electron chi connectivity index (χ0n) is 17.1. The van der Waals surface area contributed by atoms with E-state index in [1.54, 1.807) is 43.3 Å². The maximum atomic E-state index is 12.7. The molecule has 0 aliphatic heterocycles. The largest absolute Gasteiger partial charge is 0.487 e. The highest BCUT2D eigenvalue weighted by atomic mass is 127. The normalized spacial score (nSPS) is 11.1. The lowest BCUT2D eigenvalue weighted by Gasteiger charge is -2.12. The molecule has 9 heteroatoms. The van der Waals surface area contributed by atoms with Gasteiger partial charge < -0.3 is 10.1 Å². The third-order valence-electron chi connectivity index (χ3n) is 4.58. The quantitative estimate of drug-likeness (QED) is 0.162. The predicted molar refractivity (Wildman–Crippen MR) is 146 cm³/mol. The van der Waals surface area contributed by atoms with Crippen LogP contribution in [0.4, 0.5) is 5.69 Å². The van der Waals surface area contributed by atoms with Crippen molar-refractivity contribution in [3.05, 3.63) is 93.9 Å². The Hall–Kier alpha value is -1.76. The van der Waals surface area contributed by atoms with Gasteiger partial charge in [-0.3, -0.25) is 4.79 Å². The van der Waals surface area contributed by atoms with Gasteiger partial charge in [0.25, 0.3) is 5.91 Å². The van der Waals surface area contributed by atoms with Crippen molar-refractivity contribution in [1.29, 1.82) is 5.26 Å². The second kappa shape index (κ2) is 11.6. The number of halogens is 5. The Morgan fingerprint density at radius 2 is 1.91 bits per heavy atom. The van der Waals surface area contributed by atoms with E-state index in [0.717, 1.165) is 14.7 Å². The first-order valence-corrected chi connectivity index (χ1v) is 12.4. The molecule has 3 aromatic rings. The van der Waals surface area contributed by atoms with Gasteiger partial charge in [-0.15, -0.1) is 0 Å². The van der Waals surface area contributed by atoms with Gasteiger partial charge in [-0.05, 0) is 105 Å². The van der Waals surface area contributed by atoms with E-state index in [9.17, 15) is 10.1 Å². The Labute approximate surface area is 228 Å². The summed E-state index contributed by atoms with van der Waals surface area (Å²) in [4.78, 5) is 12.7. The second-order valence-electron chi connectivity index (χ2n) is 6.89. The second-order valence-corrected chi connectivity index (χ2v) is 10.1. The van der Waals surface area contributed by atoms with Crippen LogP contribution in [-0.4, -0.2) is 5.91 Å². The van der Waals surface area contributed by atoms with Crippen molar-refractivity contribution < 1.29 is 9.53 Å². The number of nitriles is 1. The van der Waals surface area contributed by atoms with Crippen molar-refractivity contribution in [2.45, 2.75) is 13.5 Å². The molecule has 33 heavy (non-hydrogen) atoms. The molecule has 0 saturated heterocycles. The summed E-state index contributed by atoms with van der Waals surface area (Å²) in [6.45, 7) is 2.09. The van der Waals surface area contributed by atoms with Gasteiger partial charge in [0.2, 0.25) is 0 Å². The van der Waals surface area contributed by atoms with E-state index in [4.69, 9.17) is 39.5 Å². The van der Waals surface area contributed by atoms with Gasteiger partial charge in [-0.1, -0.05) is 46.9 Å². The molecular weight excluding hydrogens is 661 g/mol. The predicted octanol–water partition coefficient (Wildman–Crippen LogP) is 8.45. The average molecular weight is 677 g/mol. The molecule has 0 atom stereocenters. The lowest BCUT2D eigenvalue weighted by Crippen LogP contribution is -2.14. The zero-order valence-corrected chi connectivity index (χ0v) is 23.1. The molecule has 3 aromatic carbocycles. The molecular formula is C24H15BrCl3IN2O2. The van der Waals surface area contributed by atoms with Crippen LogP contribution in [0.5, 0.6) is 5.75 Å². The minimum Gasteiger partial charge on any atom is -0.487 e. The number of rotatable bonds is 6. The Bertz CT molecular complexity index is 1280. The standard InChI is InChI=1S/C24H15BrCl3IN2O2/c1-13-18(26)3-2-4-22(13)31-24(32)16(11-30)7-15-8-17(25)23(21(29)10-15)33-12-14-5-6-19(27)20(28)9-14/h2-10H,12H2,1H3,(H,31,32)/b16-7-. The Balaban J connectivity index is 1.79. The Morgan fingerprint density at radius 3 is 2.58 bits per heavy atom. The molecule has 0 aromatic heterocycles. The zero-order chi connectivity index (χ0) is 24.1. The van der Waals surface area contributed by atoms with Crippen LogP contribution in [0.1, 0.15) is 16.7 Å². The van der Waals surface area contributed by atoms with Gasteiger partial charge in [0.05, 0.1) is 18.1 Å². The molecule has 1 N–H and O–H groups in total. The van der Waals surface area contributed by atoms with Crippen LogP contribution in [0.2, 0.25) is 15.1 Å². The van der Waals surface area contributed by atoms with Crippen molar-refractivity contribution in [3.63, 3.8) is 0 Å². The highest BCUT2D eigenvalue weighted by Gasteiger charge is 2.14. The van der Waals surface area contributed by atoms with Crippen molar-refractivity contribution in [2.24, 2.45) is 0 Å². The van der Waals surface area contributed by atoms with Crippen molar-refractivity contribution >= 4 is 91.0 Å². The minimum absolute atomic E-state index is 0.0402. The van der Waals surface area contributed by atoms with Crippen LogP contribution in [0.3, 0.4) is 0 Å². The SMILES string of the molecule is Cc1c(Cl)cccc1NC(=O)/C(C#N)=C\c1cc(Br)c(OCc2ccc(Cl)c(Cl)c2)c(I)c1.